The average molecular weight is 476 g/mol. The SMILES string of the molecule is CC(=O)c1cnc2ccc(-c3ccc4nc[nH]c4c3)cc2c1Nc1cccc(CCN2CCCC2)c1. The molecule has 1 aliphatic heterocycles. The van der Waals surface area contributed by atoms with Crippen molar-refractivity contribution < 1.29 is 4.79 Å². The summed E-state index contributed by atoms with van der Waals surface area (Å²) in [5.74, 6) is -0.0126. The summed E-state index contributed by atoms with van der Waals surface area (Å²) in [6.07, 6.45) is 7.02. The molecular weight excluding hydrogens is 446 g/mol. The van der Waals surface area contributed by atoms with Gasteiger partial charge in [-0.3, -0.25) is 9.78 Å². The molecule has 0 unspecified atom stereocenters. The van der Waals surface area contributed by atoms with Gasteiger partial charge in [-0.2, -0.15) is 0 Å². The van der Waals surface area contributed by atoms with Crippen molar-refractivity contribution in [1.29, 1.82) is 0 Å². The van der Waals surface area contributed by atoms with Gasteiger partial charge in [0, 0.05) is 23.8 Å². The summed E-state index contributed by atoms with van der Waals surface area (Å²) in [6, 6.07) is 20.9. The molecule has 180 valence electrons. The summed E-state index contributed by atoms with van der Waals surface area (Å²) >= 11 is 0. The Morgan fingerprint density at radius 2 is 1.78 bits per heavy atom. The highest BCUT2D eigenvalue weighted by atomic mass is 16.1. The van der Waals surface area contributed by atoms with Gasteiger partial charge in [-0.15, -0.1) is 0 Å². The first-order chi connectivity index (χ1) is 17.6. The monoisotopic (exact) mass is 475 g/mol. The molecule has 3 aromatic carbocycles. The van der Waals surface area contributed by atoms with Gasteiger partial charge in [0.15, 0.2) is 5.78 Å². The van der Waals surface area contributed by atoms with E-state index in [0.29, 0.717) is 5.56 Å². The number of hydrogen-bond acceptors (Lipinski definition) is 5. The number of pyridine rings is 1. The molecule has 6 heteroatoms. The summed E-state index contributed by atoms with van der Waals surface area (Å²) in [4.78, 5) is 27.2. The van der Waals surface area contributed by atoms with Gasteiger partial charge >= 0.3 is 0 Å². The topological polar surface area (TPSA) is 73.9 Å². The number of aromatic nitrogens is 3. The van der Waals surface area contributed by atoms with E-state index in [4.69, 9.17) is 0 Å². The number of H-pyrrole nitrogens is 1. The van der Waals surface area contributed by atoms with Gasteiger partial charge in [0.1, 0.15) is 0 Å². The number of fused-ring (bicyclic) bond motifs is 2. The van der Waals surface area contributed by atoms with Gasteiger partial charge in [0.05, 0.1) is 34.1 Å². The highest BCUT2D eigenvalue weighted by Gasteiger charge is 2.15. The first-order valence-corrected chi connectivity index (χ1v) is 12.6. The zero-order valence-corrected chi connectivity index (χ0v) is 20.4. The molecule has 1 fully saturated rings. The molecular formula is C30H29N5O. The van der Waals surface area contributed by atoms with Crippen LogP contribution >= 0.6 is 0 Å². The Kier molecular flexibility index (Phi) is 5.95. The van der Waals surface area contributed by atoms with Crippen LogP contribution in [-0.2, 0) is 6.42 Å². The van der Waals surface area contributed by atoms with Crippen molar-refractivity contribution in [3.63, 3.8) is 0 Å². The number of likely N-dealkylation sites (tertiary alicyclic amines) is 1. The number of anilines is 2. The normalized spacial score (nSPS) is 14.0. The molecule has 3 heterocycles. The van der Waals surface area contributed by atoms with Gasteiger partial charge in [0.2, 0.25) is 0 Å². The largest absolute Gasteiger partial charge is 0.354 e. The minimum Gasteiger partial charge on any atom is -0.354 e. The fraction of sp³-hybridized carbons (Fsp3) is 0.233. The van der Waals surface area contributed by atoms with E-state index in [1.54, 1.807) is 19.4 Å². The van der Waals surface area contributed by atoms with Crippen LogP contribution in [0, 0.1) is 0 Å². The maximum atomic E-state index is 12.6. The summed E-state index contributed by atoms with van der Waals surface area (Å²) in [5, 5.41) is 4.50. The van der Waals surface area contributed by atoms with Crippen LogP contribution in [0.15, 0.2) is 73.2 Å². The Bertz CT molecular complexity index is 1560. The third kappa shape index (κ3) is 4.48. The Labute approximate surface area is 210 Å². The van der Waals surface area contributed by atoms with Gasteiger partial charge in [-0.25, -0.2) is 4.98 Å². The Morgan fingerprint density at radius 3 is 2.61 bits per heavy atom. The quantitative estimate of drug-likeness (QED) is 0.268. The Morgan fingerprint density at radius 1 is 0.972 bits per heavy atom. The standard InChI is InChI=1S/C30H29N5O/c1-20(36)26-18-31-27-9-7-22(23-8-10-28-29(17-23)33-19-32-28)16-25(27)30(26)34-24-6-4-5-21(15-24)11-14-35-12-2-3-13-35/h4-10,15-19H,2-3,11-14H2,1H3,(H,31,34)(H,32,33). The van der Waals surface area contributed by atoms with Gasteiger partial charge in [-0.1, -0.05) is 24.3 Å². The molecule has 0 saturated carbocycles. The summed E-state index contributed by atoms with van der Waals surface area (Å²) < 4.78 is 0. The number of nitrogens with zero attached hydrogens (tertiary/aromatic N) is 3. The molecule has 0 atom stereocenters. The second-order valence-electron chi connectivity index (χ2n) is 9.59. The lowest BCUT2D eigenvalue weighted by atomic mass is 9.99. The van der Waals surface area contributed by atoms with Gasteiger partial charge < -0.3 is 15.2 Å². The van der Waals surface area contributed by atoms with Crippen molar-refractivity contribution >= 4 is 39.1 Å². The second-order valence-corrected chi connectivity index (χ2v) is 9.59. The number of nitrogens with one attached hydrogen (secondary N) is 2. The Balaban J connectivity index is 1.37. The molecule has 0 spiro atoms. The third-order valence-corrected chi connectivity index (χ3v) is 7.11. The number of carbonyl (C=O) groups excluding carboxylic acids is 1. The number of Topliss-reactive ketones (excluding diaryl/α,β-unsaturated/α-hetero) is 1. The van der Waals surface area contributed by atoms with Crippen LogP contribution < -0.4 is 5.32 Å². The zero-order valence-electron chi connectivity index (χ0n) is 20.4. The molecule has 0 amide bonds. The van der Waals surface area contributed by atoms with Crippen LogP contribution in [0.1, 0.15) is 35.7 Å². The van der Waals surface area contributed by atoms with E-state index in [0.717, 1.165) is 57.4 Å². The van der Waals surface area contributed by atoms with Crippen molar-refractivity contribution in [3.8, 4) is 11.1 Å². The molecule has 6 rings (SSSR count). The van der Waals surface area contributed by atoms with Crippen LogP contribution in [0.2, 0.25) is 0 Å². The smallest absolute Gasteiger partial charge is 0.163 e. The maximum Gasteiger partial charge on any atom is 0.163 e. The lowest BCUT2D eigenvalue weighted by Crippen LogP contribution is -2.21. The molecule has 36 heavy (non-hydrogen) atoms. The van der Waals surface area contributed by atoms with Crippen molar-refractivity contribution in [2.24, 2.45) is 0 Å². The highest BCUT2D eigenvalue weighted by molar-refractivity contribution is 6.08. The van der Waals surface area contributed by atoms with Crippen LogP contribution in [-0.4, -0.2) is 45.3 Å². The van der Waals surface area contributed by atoms with E-state index in [1.165, 1.54) is 31.5 Å². The van der Waals surface area contributed by atoms with E-state index in [1.807, 2.05) is 12.1 Å². The third-order valence-electron chi connectivity index (χ3n) is 7.11. The molecule has 5 aromatic rings. The second kappa shape index (κ2) is 9.55. The zero-order chi connectivity index (χ0) is 24.5. The number of benzene rings is 3. The van der Waals surface area contributed by atoms with E-state index in [9.17, 15) is 4.79 Å². The fourth-order valence-corrected chi connectivity index (χ4v) is 5.13. The fourth-order valence-electron chi connectivity index (χ4n) is 5.13. The van der Waals surface area contributed by atoms with Crippen LogP contribution in [0.5, 0.6) is 0 Å². The van der Waals surface area contributed by atoms with Crippen LogP contribution in [0.3, 0.4) is 0 Å². The first-order valence-electron chi connectivity index (χ1n) is 12.6. The Hall–Kier alpha value is -4.03. The number of hydrogen-bond donors (Lipinski definition) is 2. The van der Waals surface area contributed by atoms with Crippen LogP contribution in [0.4, 0.5) is 11.4 Å². The van der Waals surface area contributed by atoms with E-state index in [-0.39, 0.29) is 5.78 Å². The average Bonchev–Trinajstić information content (AvgIpc) is 3.59. The van der Waals surface area contributed by atoms with Gasteiger partial charge in [-0.05, 0) is 92.4 Å². The van der Waals surface area contributed by atoms with E-state index >= 15 is 0 Å². The lowest BCUT2D eigenvalue weighted by molar-refractivity contribution is 0.101. The van der Waals surface area contributed by atoms with Crippen molar-refractivity contribution in [1.82, 2.24) is 19.9 Å². The number of aromatic amines is 1. The molecule has 2 N–H and O–H groups in total. The molecule has 0 aliphatic carbocycles. The predicted molar refractivity (Wildman–Crippen MR) is 146 cm³/mol. The van der Waals surface area contributed by atoms with Crippen molar-refractivity contribution in [2.45, 2.75) is 26.2 Å². The minimum atomic E-state index is -0.0126. The highest BCUT2D eigenvalue weighted by Crippen LogP contribution is 2.33. The van der Waals surface area contributed by atoms with Gasteiger partial charge in [0.25, 0.3) is 0 Å². The van der Waals surface area contributed by atoms with Crippen molar-refractivity contribution in [3.05, 3.63) is 84.3 Å². The minimum absolute atomic E-state index is 0.0126. The van der Waals surface area contributed by atoms with Crippen LogP contribution in [0.25, 0.3) is 33.1 Å². The molecule has 1 aliphatic rings. The molecule has 0 radical (unpaired) electrons. The molecule has 1 saturated heterocycles. The predicted octanol–water partition coefficient (Wildman–Crippen LogP) is 6.36. The van der Waals surface area contributed by atoms with Crippen molar-refractivity contribution in [2.75, 3.05) is 25.0 Å². The summed E-state index contributed by atoms with van der Waals surface area (Å²) in [6.45, 7) is 5.10. The maximum absolute atomic E-state index is 12.6. The molecule has 2 aromatic heterocycles. The number of rotatable bonds is 7. The van der Waals surface area contributed by atoms with E-state index < -0.39 is 0 Å². The van der Waals surface area contributed by atoms with E-state index in [2.05, 4.69) is 73.7 Å². The number of ketones is 1. The number of imidazole rings is 1. The lowest BCUT2D eigenvalue weighted by Gasteiger charge is -2.16. The summed E-state index contributed by atoms with van der Waals surface area (Å²) in [7, 11) is 0. The summed E-state index contributed by atoms with van der Waals surface area (Å²) in [5.41, 5.74) is 8.58. The number of carbonyl (C=O) groups is 1. The first kappa shape index (κ1) is 22.4. The molecule has 6 nitrogen and oxygen atoms in total. The molecule has 0 bridgehead atoms.